The highest BCUT2D eigenvalue weighted by Crippen LogP contribution is 1.97. The van der Waals surface area contributed by atoms with E-state index in [0.717, 1.165) is 0 Å². The average Bonchev–Trinajstić information content (AvgIpc) is 2.25. The van der Waals surface area contributed by atoms with Gasteiger partial charge in [-0.15, -0.1) is 0 Å². The summed E-state index contributed by atoms with van der Waals surface area (Å²) in [6.45, 7) is 7.51. The van der Waals surface area contributed by atoms with Crippen LogP contribution in [0.5, 0.6) is 0 Å². The molecule has 0 aromatic carbocycles. The number of amides is 1. The minimum Gasteiger partial charge on any atom is -0.352 e. The number of rotatable bonds is 7. The second-order valence-electron chi connectivity index (χ2n) is 3.41. The van der Waals surface area contributed by atoms with Gasteiger partial charge in [-0.2, -0.15) is 0 Å². The van der Waals surface area contributed by atoms with Crippen LogP contribution >= 0.6 is 0 Å². The fraction of sp³-hybridized carbons (Fsp3) is 0.385. The number of hydrogen-bond acceptors (Lipinski definition) is 2. The van der Waals surface area contributed by atoms with Crippen molar-refractivity contribution in [2.45, 2.75) is 26.7 Å². The van der Waals surface area contributed by atoms with Crippen molar-refractivity contribution in [3.8, 4) is 0 Å². The predicted octanol–water partition coefficient (Wildman–Crippen LogP) is 2.16. The van der Waals surface area contributed by atoms with Gasteiger partial charge in [-0.3, -0.25) is 4.79 Å². The average molecular weight is 221 g/mol. The number of hydrogen-bond donors (Lipinski definition) is 1. The molecule has 16 heavy (non-hydrogen) atoms. The van der Waals surface area contributed by atoms with Crippen molar-refractivity contribution in [2.24, 2.45) is 0 Å². The van der Waals surface area contributed by atoms with Gasteiger partial charge in [0.05, 0.1) is 0 Å². The van der Waals surface area contributed by atoms with Gasteiger partial charge >= 0.3 is 0 Å². The van der Waals surface area contributed by atoms with Gasteiger partial charge in [-0.25, -0.2) is 0 Å². The van der Waals surface area contributed by atoms with Crippen LogP contribution in [0.1, 0.15) is 26.7 Å². The van der Waals surface area contributed by atoms with E-state index < -0.39 is 0 Å². The predicted molar refractivity (Wildman–Crippen MR) is 66.0 cm³/mol. The van der Waals surface area contributed by atoms with E-state index in [1.54, 1.807) is 19.1 Å². The number of Topliss-reactive ketones (excluding diaryl/α,β-unsaturated/α-hetero) is 1. The Bertz CT molecular complexity index is 314. The molecule has 88 valence electrons. The van der Waals surface area contributed by atoms with Crippen LogP contribution in [0.25, 0.3) is 0 Å². The summed E-state index contributed by atoms with van der Waals surface area (Å²) in [5, 5.41) is 2.73. The fourth-order valence-corrected chi connectivity index (χ4v) is 1.08. The van der Waals surface area contributed by atoms with E-state index in [-0.39, 0.29) is 11.7 Å². The largest absolute Gasteiger partial charge is 0.352 e. The van der Waals surface area contributed by atoms with Crippen LogP contribution in [0.3, 0.4) is 0 Å². The van der Waals surface area contributed by atoms with E-state index in [0.29, 0.717) is 25.0 Å². The smallest absolute Gasteiger partial charge is 0.251 e. The maximum absolute atomic E-state index is 11.6. The van der Waals surface area contributed by atoms with Gasteiger partial charge in [0, 0.05) is 18.5 Å². The van der Waals surface area contributed by atoms with E-state index in [1.165, 1.54) is 6.08 Å². The second kappa shape index (κ2) is 8.65. The van der Waals surface area contributed by atoms with E-state index in [4.69, 9.17) is 0 Å². The first-order chi connectivity index (χ1) is 7.61. The lowest BCUT2D eigenvalue weighted by Crippen LogP contribution is -2.25. The van der Waals surface area contributed by atoms with Gasteiger partial charge in [0.15, 0.2) is 0 Å². The van der Waals surface area contributed by atoms with Crippen molar-refractivity contribution in [2.75, 3.05) is 6.54 Å². The molecule has 0 bridgehead atoms. The highest BCUT2D eigenvalue weighted by Gasteiger charge is 2.03. The molecule has 0 saturated carbocycles. The van der Waals surface area contributed by atoms with E-state index in [2.05, 4.69) is 11.9 Å². The van der Waals surface area contributed by atoms with Crippen LogP contribution < -0.4 is 5.32 Å². The molecule has 3 nitrogen and oxygen atoms in total. The first-order valence-electron chi connectivity index (χ1n) is 5.34. The molecule has 0 spiro atoms. The third kappa shape index (κ3) is 6.76. The highest BCUT2D eigenvalue weighted by atomic mass is 16.1. The molecule has 0 aromatic heterocycles. The lowest BCUT2D eigenvalue weighted by atomic mass is 10.2. The molecule has 0 saturated heterocycles. The Morgan fingerprint density at radius 2 is 2.06 bits per heavy atom. The Balaban J connectivity index is 4.03. The van der Waals surface area contributed by atoms with Crippen LogP contribution in [0.15, 0.2) is 36.5 Å². The van der Waals surface area contributed by atoms with Gasteiger partial charge in [0.1, 0.15) is 5.78 Å². The quantitative estimate of drug-likeness (QED) is 0.407. The third-order valence-corrected chi connectivity index (χ3v) is 1.94. The fourth-order valence-electron chi connectivity index (χ4n) is 1.08. The number of carbonyl (C=O) groups is 2. The molecule has 0 unspecified atom stereocenters. The lowest BCUT2D eigenvalue weighted by molar-refractivity contribution is -0.118. The van der Waals surface area contributed by atoms with Gasteiger partial charge in [0.25, 0.3) is 5.91 Å². The summed E-state index contributed by atoms with van der Waals surface area (Å²) in [5.41, 5.74) is 0.529. The van der Waals surface area contributed by atoms with Crippen LogP contribution in [0, 0.1) is 0 Å². The van der Waals surface area contributed by atoms with Gasteiger partial charge in [-0.05, 0) is 26.3 Å². The summed E-state index contributed by atoms with van der Waals surface area (Å²) in [6.07, 6.45) is 8.02. The molecular formula is C13H19NO2. The van der Waals surface area contributed by atoms with Crippen molar-refractivity contribution in [3.05, 3.63) is 36.5 Å². The maximum Gasteiger partial charge on any atom is 0.251 e. The molecule has 0 aromatic rings. The molecule has 0 atom stereocenters. The number of ketones is 1. The molecule has 0 aliphatic rings. The van der Waals surface area contributed by atoms with Gasteiger partial charge < -0.3 is 10.1 Å². The molecule has 0 heterocycles. The summed E-state index contributed by atoms with van der Waals surface area (Å²) < 4.78 is 0. The SMILES string of the molecule is C=C/C(=C\C=C/C)C(=O)NCCCC(C)=O. The van der Waals surface area contributed by atoms with E-state index in [1.807, 2.05) is 13.0 Å². The first-order valence-corrected chi connectivity index (χ1v) is 5.34. The molecule has 0 aliphatic carbocycles. The zero-order valence-electron chi connectivity index (χ0n) is 9.95. The Labute approximate surface area is 96.9 Å². The molecule has 1 N–H and O–H groups in total. The molecule has 1 amide bonds. The Hall–Kier alpha value is -1.64. The van der Waals surface area contributed by atoms with Crippen molar-refractivity contribution < 1.29 is 9.59 Å². The Kier molecular flexibility index (Phi) is 7.76. The lowest BCUT2D eigenvalue weighted by Gasteiger charge is -2.04. The molecule has 3 heteroatoms. The maximum atomic E-state index is 11.6. The van der Waals surface area contributed by atoms with Crippen molar-refractivity contribution >= 4 is 11.7 Å². The Morgan fingerprint density at radius 1 is 1.38 bits per heavy atom. The van der Waals surface area contributed by atoms with Crippen LogP contribution in [-0.2, 0) is 9.59 Å². The van der Waals surface area contributed by atoms with Crippen LogP contribution in [0.4, 0.5) is 0 Å². The van der Waals surface area contributed by atoms with Crippen LogP contribution in [-0.4, -0.2) is 18.2 Å². The molecule has 0 aliphatic heterocycles. The number of nitrogens with one attached hydrogen (secondary N) is 1. The first kappa shape index (κ1) is 14.4. The zero-order chi connectivity index (χ0) is 12.4. The zero-order valence-corrected chi connectivity index (χ0v) is 9.95. The van der Waals surface area contributed by atoms with Gasteiger partial charge in [0.2, 0.25) is 0 Å². The molecular weight excluding hydrogens is 202 g/mol. The Morgan fingerprint density at radius 3 is 2.56 bits per heavy atom. The topological polar surface area (TPSA) is 46.2 Å². The second-order valence-corrected chi connectivity index (χ2v) is 3.41. The van der Waals surface area contributed by atoms with Crippen molar-refractivity contribution in [1.82, 2.24) is 5.32 Å². The normalized spacial score (nSPS) is 11.5. The van der Waals surface area contributed by atoms with E-state index >= 15 is 0 Å². The number of allylic oxidation sites excluding steroid dienone is 3. The summed E-state index contributed by atoms with van der Waals surface area (Å²) >= 11 is 0. The molecule has 0 rings (SSSR count). The summed E-state index contributed by atoms with van der Waals surface area (Å²) in [5.74, 6) is -0.0145. The standard InChI is InChI=1S/C13H19NO2/c1-4-6-9-12(5-2)13(16)14-10-7-8-11(3)15/h4-6,9H,2,7-8,10H2,1,3H3,(H,14,16)/b6-4-,12-9+. The summed E-state index contributed by atoms with van der Waals surface area (Å²) in [6, 6.07) is 0. The van der Waals surface area contributed by atoms with Crippen LogP contribution in [0.2, 0.25) is 0 Å². The monoisotopic (exact) mass is 221 g/mol. The van der Waals surface area contributed by atoms with Gasteiger partial charge in [-0.1, -0.05) is 24.8 Å². The van der Waals surface area contributed by atoms with Crippen molar-refractivity contribution in [1.29, 1.82) is 0 Å². The minimum absolute atomic E-state index is 0.141. The summed E-state index contributed by atoms with van der Waals surface area (Å²) in [7, 11) is 0. The molecule has 0 fully saturated rings. The number of carbonyl (C=O) groups excluding carboxylic acids is 2. The van der Waals surface area contributed by atoms with E-state index in [9.17, 15) is 9.59 Å². The molecule has 0 radical (unpaired) electrons. The van der Waals surface area contributed by atoms with Crippen molar-refractivity contribution in [3.63, 3.8) is 0 Å². The highest BCUT2D eigenvalue weighted by molar-refractivity contribution is 5.96. The summed E-state index contributed by atoms with van der Waals surface area (Å²) in [4.78, 5) is 22.2. The minimum atomic E-state index is -0.156. The third-order valence-electron chi connectivity index (χ3n) is 1.94.